The molecule has 0 N–H and O–H groups in total. The van der Waals surface area contributed by atoms with Gasteiger partial charge < -0.3 is 0 Å². The molecule has 16 heavy (non-hydrogen) atoms. The SMILES string of the molecule is CCC(C)c1ncc(C(C)(CC)CC)cn1. The molecule has 2 heteroatoms. The summed E-state index contributed by atoms with van der Waals surface area (Å²) in [6.07, 6.45) is 7.40. The minimum Gasteiger partial charge on any atom is -0.241 e. The van der Waals surface area contributed by atoms with Gasteiger partial charge in [0, 0.05) is 18.3 Å². The van der Waals surface area contributed by atoms with E-state index in [0.29, 0.717) is 5.92 Å². The molecule has 1 aromatic rings. The number of aromatic nitrogens is 2. The molecular formula is C14H24N2. The molecule has 0 bridgehead atoms. The molecule has 1 unspecified atom stereocenters. The van der Waals surface area contributed by atoms with E-state index in [1.165, 1.54) is 5.56 Å². The van der Waals surface area contributed by atoms with Crippen LogP contribution in [0.1, 0.15) is 71.2 Å². The number of nitrogens with zero attached hydrogens (tertiary/aromatic N) is 2. The third-order valence-corrected chi connectivity index (χ3v) is 3.98. The van der Waals surface area contributed by atoms with E-state index in [-0.39, 0.29) is 5.41 Å². The van der Waals surface area contributed by atoms with Gasteiger partial charge in [-0.15, -0.1) is 0 Å². The zero-order chi connectivity index (χ0) is 12.2. The molecule has 1 rings (SSSR count). The van der Waals surface area contributed by atoms with E-state index >= 15 is 0 Å². The monoisotopic (exact) mass is 220 g/mol. The Morgan fingerprint density at radius 2 is 1.62 bits per heavy atom. The number of rotatable bonds is 5. The molecular weight excluding hydrogens is 196 g/mol. The van der Waals surface area contributed by atoms with Crippen LogP contribution in [0.3, 0.4) is 0 Å². The molecule has 2 nitrogen and oxygen atoms in total. The van der Waals surface area contributed by atoms with Crippen molar-refractivity contribution in [1.29, 1.82) is 0 Å². The average Bonchev–Trinajstić information content (AvgIpc) is 2.37. The molecule has 0 saturated heterocycles. The average molecular weight is 220 g/mol. The summed E-state index contributed by atoms with van der Waals surface area (Å²) in [6.45, 7) is 11.1. The Balaban J connectivity index is 2.94. The smallest absolute Gasteiger partial charge is 0.131 e. The molecule has 0 aliphatic heterocycles. The van der Waals surface area contributed by atoms with Gasteiger partial charge in [0.05, 0.1) is 0 Å². The maximum absolute atomic E-state index is 4.50. The Bertz CT molecular complexity index is 312. The van der Waals surface area contributed by atoms with Crippen LogP contribution in [-0.2, 0) is 5.41 Å². The minimum atomic E-state index is 0.230. The third kappa shape index (κ3) is 2.60. The molecule has 0 amide bonds. The van der Waals surface area contributed by atoms with Crippen molar-refractivity contribution in [3.8, 4) is 0 Å². The Hall–Kier alpha value is -0.920. The van der Waals surface area contributed by atoms with Crippen molar-refractivity contribution in [3.63, 3.8) is 0 Å². The Morgan fingerprint density at radius 1 is 1.12 bits per heavy atom. The second kappa shape index (κ2) is 5.42. The molecule has 0 fully saturated rings. The van der Waals surface area contributed by atoms with Gasteiger partial charge >= 0.3 is 0 Å². The van der Waals surface area contributed by atoms with Gasteiger partial charge in [-0.05, 0) is 30.2 Å². The Kier molecular flexibility index (Phi) is 4.45. The van der Waals surface area contributed by atoms with E-state index in [9.17, 15) is 0 Å². The first-order valence-corrected chi connectivity index (χ1v) is 6.39. The summed E-state index contributed by atoms with van der Waals surface area (Å²) >= 11 is 0. The van der Waals surface area contributed by atoms with E-state index in [0.717, 1.165) is 25.1 Å². The normalized spacial score (nSPS) is 13.8. The predicted octanol–water partition coefficient (Wildman–Crippen LogP) is 4.07. The topological polar surface area (TPSA) is 25.8 Å². The highest BCUT2D eigenvalue weighted by Gasteiger charge is 2.23. The highest BCUT2D eigenvalue weighted by Crippen LogP contribution is 2.30. The summed E-state index contributed by atoms with van der Waals surface area (Å²) in [7, 11) is 0. The zero-order valence-electron chi connectivity index (χ0n) is 11.2. The van der Waals surface area contributed by atoms with Crippen LogP contribution < -0.4 is 0 Å². The summed E-state index contributed by atoms with van der Waals surface area (Å²) in [4.78, 5) is 9.00. The van der Waals surface area contributed by atoms with E-state index in [1.54, 1.807) is 0 Å². The summed E-state index contributed by atoms with van der Waals surface area (Å²) in [5.74, 6) is 1.43. The van der Waals surface area contributed by atoms with Crippen LogP contribution in [0.5, 0.6) is 0 Å². The van der Waals surface area contributed by atoms with Crippen molar-refractivity contribution in [2.45, 2.75) is 65.2 Å². The molecule has 0 saturated carbocycles. The highest BCUT2D eigenvalue weighted by atomic mass is 14.9. The molecule has 1 heterocycles. The van der Waals surface area contributed by atoms with Gasteiger partial charge in [-0.25, -0.2) is 9.97 Å². The van der Waals surface area contributed by atoms with E-state index in [4.69, 9.17) is 0 Å². The lowest BCUT2D eigenvalue weighted by molar-refractivity contribution is 0.434. The second-order valence-electron chi connectivity index (χ2n) is 4.91. The maximum atomic E-state index is 4.50. The van der Waals surface area contributed by atoms with Crippen molar-refractivity contribution in [1.82, 2.24) is 9.97 Å². The van der Waals surface area contributed by atoms with Crippen LogP contribution in [0.15, 0.2) is 12.4 Å². The van der Waals surface area contributed by atoms with Crippen LogP contribution in [0.2, 0.25) is 0 Å². The van der Waals surface area contributed by atoms with Gasteiger partial charge in [0.25, 0.3) is 0 Å². The third-order valence-electron chi connectivity index (χ3n) is 3.98. The molecule has 0 aliphatic rings. The van der Waals surface area contributed by atoms with Crippen molar-refractivity contribution in [3.05, 3.63) is 23.8 Å². The summed E-state index contributed by atoms with van der Waals surface area (Å²) < 4.78 is 0. The fourth-order valence-corrected chi connectivity index (χ4v) is 1.74. The van der Waals surface area contributed by atoms with Crippen LogP contribution >= 0.6 is 0 Å². The lowest BCUT2D eigenvalue weighted by Crippen LogP contribution is -2.20. The quantitative estimate of drug-likeness (QED) is 0.747. The van der Waals surface area contributed by atoms with Gasteiger partial charge in [-0.1, -0.05) is 34.6 Å². The lowest BCUT2D eigenvalue weighted by atomic mass is 9.79. The Morgan fingerprint density at radius 3 is 2.00 bits per heavy atom. The Labute approximate surface area is 99.5 Å². The molecule has 0 spiro atoms. The first-order chi connectivity index (χ1) is 7.57. The zero-order valence-corrected chi connectivity index (χ0v) is 11.2. The standard InChI is InChI=1S/C14H24N2/c1-6-11(4)13-15-9-12(10-16-13)14(5,7-2)8-3/h9-11H,6-8H2,1-5H3. The summed E-state index contributed by atoms with van der Waals surface area (Å²) in [5, 5.41) is 0. The molecule has 0 radical (unpaired) electrons. The molecule has 1 aromatic heterocycles. The minimum absolute atomic E-state index is 0.230. The fraction of sp³-hybridized carbons (Fsp3) is 0.714. The number of hydrogen-bond acceptors (Lipinski definition) is 2. The van der Waals surface area contributed by atoms with Crippen molar-refractivity contribution in [2.75, 3.05) is 0 Å². The molecule has 0 aromatic carbocycles. The van der Waals surface area contributed by atoms with Crippen molar-refractivity contribution >= 4 is 0 Å². The van der Waals surface area contributed by atoms with Crippen molar-refractivity contribution < 1.29 is 0 Å². The summed E-state index contributed by atoms with van der Waals surface area (Å²) in [6, 6.07) is 0. The first-order valence-electron chi connectivity index (χ1n) is 6.39. The fourth-order valence-electron chi connectivity index (χ4n) is 1.74. The van der Waals surface area contributed by atoms with E-state index in [1.807, 2.05) is 12.4 Å². The van der Waals surface area contributed by atoms with Gasteiger partial charge in [0.15, 0.2) is 0 Å². The highest BCUT2D eigenvalue weighted by molar-refractivity contribution is 5.18. The van der Waals surface area contributed by atoms with Crippen LogP contribution in [-0.4, -0.2) is 9.97 Å². The largest absolute Gasteiger partial charge is 0.241 e. The number of hydrogen-bond donors (Lipinski definition) is 0. The lowest BCUT2D eigenvalue weighted by Gasteiger charge is -2.26. The predicted molar refractivity (Wildman–Crippen MR) is 68.7 cm³/mol. The van der Waals surface area contributed by atoms with Crippen LogP contribution in [0.25, 0.3) is 0 Å². The van der Waals surface area contributed by atoms with Gasteiger partial charge in [0.2, 0.25) is 0 Å². The first kappa shape index (κ1) is 13.1. The van der Waals surface area contributed by atoms with Crippen LogP contribution in [0, 0.1) is 0 Å². The maximum Gasteiger partial charge on any atom is 0.131 e. The summed E-state index contributed by atoms with van der Waals surface area (Å²) in [5.41, 5.74) is 1.50. The molecule has 0 aliphatic carbocycles. The van der Waals surface area contributed by atoms with Crippen molar-refractivity contribution in [2.24, 2.45) is 0 Å². The molecule has 90 valence electrons. The van der Waals surface area contributed by atoms with Crippen LogP contribution in [0.4, 0.5) is 0 Å². The van der Waals surface area contributed by atoms with E-state index < -0.39 is 0 Å². The molecule has 1 atom stereocenters. The second-order valence-corrected chi connectivity index (χ2v) is 4.91. The van der Waals surface area contributed by atoms with E-state index in [2.05, 4.69) is 44.6 Å². The van der Waals surface area contributed by atoms with Gasteiger partial charge in [0.1, 0.15) is 5.82 Å². The van der Waals surface area contributed by atoms with Gasteiger partial charge in [-0.3, -0.25) is 0 Å². The van der Waals surface area contributed by atoms with Gasteiger partial charge in [-0.2, -0.15) is 0 Å².